The number of hydrogen-bond donors (Lipinski definition) is 1. The maximum absolute atomic E-state index is 12.7. The molecule has 5 heteroatoms. The minimum absolute atomic E-state index is 0.126. The largest absolute Gasteiger partial charge is 0.460 e. The van der Waals surface area contributed by atoms with Crippen molar-refractivity contribution in [2.75, 3.05) is 6.54 Å². The topological polar surface area (TPSA) is 64.6 Å². The van der Waals surface area contributed by atoms with Gasteiger partial charge in [-0.3, -0.25) is 9.59 Å². The second-order valence-electron chi connectivity index (χ2n) is 9.76. The molecule has 0 saturated heterocycles. The van der Waals surface area contributed by atoms with Gasteiger partial charge in [0, 0.05) is 0 Å². The molecule has 0 aliphatic heterocycles. The summed E-state index contributed by atoms with van der Waals surface area (Å²) in [6.07, 6.45) is 2.91. The van der Waals surface area contributed by atoms with Gasteiger partial charge in [0.15, 0.2) is 0 Å². The van der Waals surface area contributed by atoms with Crippen molar-refractivity contribution in [3.05, 3.63) is 35.9 Å². The first kappa shape index (κ1) is 22.4. The Balaban J connectivity index is 1.96. The van der Waals surface area contributed by atoms with Crippen LogP contribution in [0, 0.1) is 5.41 Å². The van der Waals surface area contributed by atoms with Gasteiger partial charge in [-0.25, -0.2) is 0 Å². The SMILES string of the molecule is CC(C)(C)OC(=O)C(Cc1ccccc1)NCCC1(C(=O)OC(C)(C)C)CC1. The molecule has 1 N–H and O–H groups in total. The maximum Gasteiger partial charge on any atom is 0.323 e. The molecule has 0 radical (unpaired) electrons. The van der Waals surface area contributed by atoms with E-state index in [1.165, 1.54) is 0 Å². The smallest absolute Gasteiger partial charge is 0.323 e. The Kier molecular flexibility index (Phi) is 6.92. The second-order valence-corrected chi connectivity index (χ2v) is 9.76. The molecular weight excluding hydrogens is 354 g/mol. The van der Waals surface area contributed by atoms with Crippen molar-refractivity contribution < 1.29 is 19.1 Å². The van der Waals surface area contributed by atoms with E-state index in [1.807, 2.05) is 71.9 Å². The molecule has 1 saturated carbocycles. The van der Waals surface area contributed by atoms with Gasteiger partial charge in [0.1, 0.15) is 17.2 Å². The molecule has 1 aromatic rings. The molecule has 1 aliphatic carbocycles. The summed E-state index contributed by atoms with van der Waals surface area (Å²) in [7, 11) is 0. The van der Waals surface area contributed by atoms with Gasteiger partial charge in [-0.15, -0.1) is 0 Å². The zero-order chi connectivity index (χ0) is 21.0. The first-order chi connectivity index (χ1) is 12.9. The Morgan fingerprint density at radius 1 is 1.00 bits per heavy atom. The average molecular weight is 390 g/mol. The maximum atomic E-state index is 12.7. The van der Waals surface area contributed by atoms with Crippen LogP contribution in [0.3, 0.4) is 0 Å². The predicted octanol–water partition coefficient (Wildman–Crippen LogP) is 4.04. The van der Waals surface area contributed by atoms with Gasteiger partial charge in [0.05, 0.1) is 5.41 Å². The molecule has 2 rings (SSSR count). The highest BCUT2D eigenvalue weighted by Crippen LogP contribution is 2.50. The van der Waals surface area contributed by atoms with E-state index in [4.69, 9.17) is 9.47 Å². The number of hydrogen-bond acceptors (Lipinski definition) is 5. The summed E-state index contributed by atoms with van der Waals surface area (Å²) in [6, 6.07) is 9.43. The number of ether oxygens (including phenoxy) is 2. The lowest BCUT2D eigenvalue weighted by atomic mass is 10.0. The van der Waals surface area contributed by atoms with Gasteiger partial charge >= 0.3 is 11.9 Å². The van der Waals surface area contributed by atoms with Gasteiger partial charge in [-0.05, 0) is 79.3 Å². The average Bonchev–Trinajstić information content (AvgIpc) is 3.33. The molecule has 0 bridgehead atoms. The van der Waals surface area contributed by atoms with Gasteiger partial charge in [0.2, 0.25) is 0 Å². The van der Waals surface area contributed by atoms with Crippen molar-refractivity contribution in [3.8, 4) is 0 Å². The van der Waals surface area contributed by atoms with Crippen molar-refractivity contribution >= 4 is 11.9 Å². The third-order valence-corrected chi connectivity index (χ3v) is 4.65. The van der Waals surface area contributed by atoms with Crippen molar-refractivity contribution in [2.24, 2.45) is 5.41 Å². The van der Waals surface area contributed by atoms with Crippen LogP contribution in [0.5, 0.6) is 0 Å². The third-order valence-electron chi connectivity index (χ3n) is 4.65. The number of carbonyl (C=O) groups excluding carboxylic acids is 2. The van der Waals surface area contributed by atoms with E-state index in [0.29, 0.717) is 19.4 Å². The second kappa shape index (κ2) is 8.64. The number of nitrogens with one attached hydrogen (secondary N) is 1. The third kappa shape index (κ3) is 7.27. The Morgan fingerprint density at radius 3 is 2.07 bits per heavy atom. The summed E-state index contributed by atoms with van der Waals surface area (Å²) >= 11 is 0. The zero-order valence-corrected chi connectivity index (χ0v) is 18.1. The van der Waals surface area contributed by atoms with Crippen molar-refractivity contribution in [1.29, 1.82) is 0 Å². The van der Waals surface area contributed by atoms with Crippen LogP contribution in [0.15, 0.2) is 30.3 Å². The molecule has 1 fully saturated rings. The van der Waals surface area contributed by atoms with Crippen molar-refractivity contribution in [3.63, 3.8) is 0 Å². The van der Waals surface area contributed by atoms with Crippen LogP contribution in [0.2, 0.25) is 0 Å². The lowest BCUT2D eigenvalue weighted by molar-refractivity contribution is -0.162. The van der Waals surface area contributed by atoms with Crippen LogP contribution < -0.4 is 5.32 Å². The Hall–Kier alpha value is -1.88. The summed E-state index contributed by atoms with van der Waals surface area (Å²) in [6.45, 7) is 11.8. The van der Waals surface area contributed by atoms with Crippen LogP contribution in [0.1, 0.15) is 66.4 Å². The molecule has 5 nitrogen and oxygen atoms in total. The van der Waals surface area contributed by atoms with Crippen LogP contribution in [0.4, 0.5) is 0 Å². The molecule has 0 aromatic heterocycles. The molecule has 0 spiro atoms. The lowest BCUT2D eigenvalue weighted by Gasteiger charge is -2.26. The molecule has 1 unspecified atom stereocenters. The van der Waals surface area contributed by atoms with Crippen LogP contribution in [0.25, 0.3) is 0 Å². The van der Waals surface area contributed by atoms with Gasteiger partial charge < -0.3 is 14.8 Å². The van der Waals surface area contributed by atoms with Crippen LogP contribution >= 0.6 is 0 Å². The fraction of sp³-hybridized carbons (Fsp3) is 0.652. The molecule has 1 aliphatic rings. The minimum Gasteiger partial charge on any atom is -0.460 e. The van der Waals surface area contributed by atoms with Crippen LogP contribution in [-0.2, 0) is 25.5 Å². The zero-order valence-electron chi connectivity index (χ0n) is 18.1. The number of carbonyl (C=O) groups is 2. The molecule has 1 atom stereocenters. The van der Waals surface area contributed by atoms with Crippen LogP contribution in [-0.4, -0.2) is 35.7 Å². The first-order valence-electron chi connectivity index (χ1n) is 10.1. The van der Waals surface area contributed by atoms with E-state index in [9.17, 15) is 9.59 Å². The summed E-state index contributed by atoms with van der Waals surface area (Å²) in [5, 5.41) is 3.32. The van der Waals surface area contributed by atoms with E-state index in [2.05, 4.69) is 5.32 Å². The monoisotopic (exact) mass is 389 g/mol. The van der Waals surface area contributed by atoms with Crippen molar-refractivity contribution in [2.45, 2.75) is 84.5 Å². The Labute approximate surface area is 169 Å². The Bertz CT molecular complexity index is 666. The summed E-state index contributed by atoms with van der Waals surface area (Å²) in [5.74, 6) is -0.392. The molecule has 156 valence electrons. The predicted molar refractivity (Wildman–Crippen MR) is 110 cm³/mol. The van der Waals surface area contributed by atoms with Gasteiger partial charge in [-0.1, -0.05) is 30.3 Å². The van der Waals surface area contributed by atoms with E-state index in [0.717, 1.165) is 18.4 Å². The summed E-state index contributed by atoms with van der Waals surface area (Å²) in [5.41, 5.74) is -0.348. The highest BCUT2D eigenvalue weighted by atomic mass is 16.6. The number of esters is 2. The van der Waals surface area contributed by atoms with E-state index >= 15 is 0 Å². The summed E-state index contributed by atoms with van der Waals surface area (Å²) < 4.78 is 11.2. The van der Waals surface area contributed by atoms with E-state index < -0.39 is 22.7 Å². The first-order valence-corrected chi connectivity index (χ1v) is 10.1. The molecule has 0 amide bonds. The fourth-order valence-corrected chi connectivity index (χ4v) is 3.04. The highest BCUT2D eigenvalue weighted by Gasteiger charge is 2.51. The number of benzene rings is 1. The molecule has 0 heterocycles. The highest BCUT2D eigenvalue weighted by molar-refractivity contribution is 5.80. The lowest BCUT2D eigenvalue weighted by Crippen LogP contribution is -2.44. The standard InChI is InChI=1S/C23H35NO4/c1-21(2,3)27-19(25)18(16-17-10-8-7-9-11-17)24-15-14-23(12-13-23)20(26)28-22(4,5)6/h7-11,18,24H,12-16H2,1-6H3. The van der Waals surface area contributed by atoms with E-state index in [1.54, 1.807) is 0 Å². The molecular formula is C23H35NO4. The quantitative estimate of drug-likeness (QED) is 0.680. The molecule has 1 aromatic carbocycles. The van der Waals surface area contributed by atoms with Crippen molar-refractivity contribution in [1.82, 2.24) is 5.32 Å². The molecule has 28 heavy (non-hydrogen) atoms. The normalized spacial score (nSPS) is 16.9. The Morgan fingerprint density at radius 2 is 1.57 bits per heavy atom. The van der Waals surface area contributed by atoms with Gasteiger partial charge in [0.25, 0.3) is 0 Å². The fourth-order valence-electron chi connectivity index (χ4n) is 3.04. The summed E-state index contributed by atoms with van der Waals surface area (Å²) in [4.78, 5) is 25.2. The number of rotatable bonds is 8. The van der Waals surface area contributed by atoms with Gasteiger partial charge in [-0.2, -0.15) is 0 Å². The minimum atomic E-state index is -0.540. The van der Waals surface area contributed by atoms with E-state index in [-0.39, 0.29) is 11.9 Å².